The van der Waals surface area contributed by atoms with E-state index in [1.807, 2.05) is 12.1 Å². The standard InChI is InChI=1S/C15H21ClN2O.ClH/c1-10-8-18(4-2-14(10)17)9-12-7-13(16)6-11-3-5-19-15(11)12;/h6-7,10,14H,2-5,8-9,17H2,1H3;1H. The number of likely N-dealkylation sites (tertiary alicyclic amines) is 1. The van der Waals surface area contributed by atoms with E-state index < -0.39 is 0 Å². The van der Waals surface area contributed by atoms with Gasteiger partial charge < -0.3 is 10.5 Å². The first-order chi connectivity index (χ1) is 9.13. The second-order valence-electron chi connectivity index (χ2n) is 5.82. The van der Waals surface area contributed by atoms with E-state index in [4.69, 9.17) is 22.1 Å². The summed E-state index contributed by atoms with van der Waals surface area (Å²) in [5.74, 6) is 1.62. The summed E-state index contributed by atoms with van der Waals surface area (Å²) in [6.45, 7) is 6.05. The lowest BCUT2D eigenvalue weighted by Gasteiger charge is -2.35. The summed E-state index contributed by atoms with van der Waals surface area (Å²) >= 11 is 6.20. The summed E-state index contributed by atoms with van der Waals surface area (Å²) in [6.07, 6.45) is 2.05. The molecule has 3 nitrogen and oxygen atoms in total. The first-order valence-corrected chi connectivity index (χ1v) is 7.43. The Morgan fingerprint density at radius 1 is 1.45 bits per heavy atom. The molecule has 2 heterocycles. The van der Waals surface area contributed by atoms with Gasteiger partial charge in [-0.1, -0.05) is 18.5 Å². The summed E-state index contributed by atoms with van der Waals surface area (Å²) in [6, 6.07) is 4.42. The molecule has 0 bridgehead atoms. The normalized spacial score (nSPS) is 25.8. The molecule has 2 N–H and O–H groups in total. The van der Waals surface area contributed by atoms with Crippen LogP contribution in [0.5, 0.6) is 5.75 Å². The fourth-order valence-electron chi connectivity index (χ4n) is 3.10. The summed E-state index contributed by atoms with van der Waals surface area (Å²) in [7, 11) is 0. The van der Waals surface area contributed by atoms with Gasteiger partial charge in [-0.15, -0.1) is 12.4 Å². The van der Waals surface area contributed by atoms with E-state index in [-0.39, 0.29) is 12.4 Å². The van der Waals surface area contributed by atoms with Crippen molar-refractivity contribution < 1.29 is 4.74 Å². The molecule has 2 atom stereocenters. The molecule has 0 radical (unpaired) electrons. The number of fused-ring (bicyclic) bond motifs is 1. The largest absolute Gasteiger partial charge is 0.493 e. The number of hydrogen-bond donors (Lipinski definition) is 1. The van der Waals surface area contributed by atoms with Crippen molar-refractivity contribution >= 4 is 24.0 Å². The van der Waals surface area contributed by atoms with Crippen LogP contribution in [0.3, 0.4) is 0 Å². The van der Waals surface area contributed by atoms with Gasteiger partial charge >= 0.3 is 0 Å². The average molecular weight is 317 g/mol. The highest BCUT2D eigenvalue weighted by atomic mass is 35.5. The Morgan fingerprint density at radius 2 is 2.25 bits per heavy atom. The van der Waals surface area contributed by atoms with Gasteiger partial charge in [-0.3, -0.25) is 4.90 Å². The van der Waals surface area contributed by atoms with Crippen LogP contribution >= 0.6 is 24.0 Å². The Bertz CT molecular complexity index is 481. The number of nitrogens with two attached hydrogens (primary N) is 1. The fraction of sp³-hybridized carbons (Fsp3) is 0.600. The average Bonchev–Trinajstić information content (AvgIpc) is 2.82. The van der Waals surface area contributed by atoms with E-state index in [0.717, 1.165) is 49.9 Å². The number of ether oxygens (including phenoxy) is 1. The third kappa shape index (κ3) is 3.22. The molecule has 0 aliphatic carbocycles. The molecular weight excluding hydrogens is 295 g/mol. The molecule has 2 aliphatic rings. The zero-order chi connectivity index (χ0) is 13.4. The van der Waals surface area contributed by atoms with Crippen LogP contribution in [0.4, 0.5) is 0 Å². The number of piperidine rings is 1. The van der Waals surface area contributed by atoms with E-state index in [2.05, 4.69) is 11.8 Å². The lowest BCUT2D eigenvalue weighted by molar-refractivity contribution is 0.156. The molecule has 0 spiro atoms. The molecule has 20 heavy (non-hydrogen) atoms. The van der Waals surface area contributed by atoms with Crippen LogP contribution in [0.15, 0.2) is 12.1 Å². The van der Waals surface area contributed by atoms with Gasteiger partial charge in [-0.05, 0) is 36.6 Å². The smallest absolute Gasteiger partial charge is 0.127 e. The minimum atomic E-state index is 0. The van der Waals surface area contributed by atoms with Gasteiger partial charge in [-0.2, -0.15) is 0 Å². The number of halogens is 2. The van der Waals surface area contributed by atoms with Crippen LogP contribution in [0, 0.1) is 5.92 Å². The van der Waals surface area contributed by atoms with Crippen molar-refractivity contribution in [2.24, 2.45) is 11.7 Å². The predicted molar refractivity (Wildman–Crippen MR) is 84.9 cm³/mol. The van der Waals surface area contributed by atoms with Crippen LogP contribution < -0.4 is 10.5 Å². The Hall–Kier alpha value is -0.480. The highest BCUT2D eigenvalue weighted by Crippen LogP contribution is 2.34. The highest BCUT2D eigenvalue weighted by Gasteiger charge is 2.25. The van der Waals surface area contributed by atoms with Gasteiger partial charge in [0.2, 0.25) is 0 Å². The van der Waals surface area contributed by atoms with Crippen molar-refractivity contribution in [3.8, 4) is 5.75 Å². The van der Waals surface area contributed by atoms with Crippen molar-refractivity contribution in [2.45, 2.75) is 32.4 Å². The summed E-state index contributed by atoms with van der Waals surface area (Å²) in [4.78, 5) is 2.46. The van der Waals surface area contributed by atoms with Crippen molar-refractivity contribution in [3.63, 3.8) is 0 Å². The first-order valence-electron chi connectivity index (χ1n) is 7.05. The molecule has 1 fully saturated rings. The lowest BCUT2D eigenvalue weighted by atomic mass is 9.94. The third-order valence-electron chi connectivity index (χ3n) is 4.28. The Labute approximate surface area is 131 Å². The van der Waals surface area contributed by atoms with Crippen molar-refractivity contribution in [3.05, 3.63) is 28.3 Å². The Balaban J connectivity index is 0.00000147. The molecule has 0 amide bonds. The molecule has 3 rings (SSSR count). The number of rotatable bonds is 2. The molecule has 5 heteroatoms. The van der Waals surface area contributed by atoms with E-state index >= 15 is 0 Å². The van der Waals surface area contributed by atoms with Crippen molar-refractivity contribution in [2.75, 3.05) is 19.7 Å². The Kier molecular flexibility index (Phi) is 5.19. The maximum absolute atomic E-state index is 6.20. The number of hydrogen-bond acceptors (Lipinski definition) is 3. The van der Waals surface area contributed by atoms with Gasteiger partial charge in [0.05, 0.1) is 6.61 Å². The zero-order valence-electron chi connectivity index (χ0n) is 11.8. The maximum Gasteiger partial charge on any atom is 0.127 e. The van der Waals surface area contributed by atoms with E-state index in [1.54, 1.807) is 0 Å². The second kappa shape index (κ2) is 6.52. The van der Waals surface area contributed by atoms with Crippen LogP contribution in [-0.2, 0) is 13.0 Å². The van der Waals surface area contributed by atoms with Crippen LogP contribution in [-0.4, -0.2) is 30.6 Å². The number of benzene rings is 1. The molecule has 0 aromatic heterocycles. The summed E-state index contributed by atoms with van der Waals surface area (Å²) in [5.41, 5.74) is 8.55. The predicted octanol–water partition coefficient (Wildman–Crippen LogP) is 2.87. The first kappa shape index (κ1) is 15.9. The van der Waals surface area contributed by atoms with Crippen molar-refractivity contribution in [1.29, 1.82) is 0 Å². The molecule has 112 valence electrons. The Morgan fingerprint density at radius 3 is 3.00 bits per heavy atom. The third-order valence-corrected chi connectivity index (χ3v) is 4.49. The minimum absolute atomic E-state index is 0. The second-order valence-corrected chi connectivity index (χ2v) is 6.25. The summed E-state index contributed by atoms with van der Waals surface area (Å²) < 4.78 is 5.76. The molecular formula is C15H22Cl2N2O. The van der Waals surface area contributed by atoms with Crippen LogP contribution in [0.1, 0.15) is 24.5 Å². The van der Waals surface area contributed by atoms with Crippen LogP contribution in [0.25, 0.3) is 0 Å². The quantitative estimate of drug-likeness (QED) is 0.911. The lowest BCUT2D eigenvalue weighted by Crippen LogP contribution is -2.45. The van der Waals surface area contributed by atoms with Crippen molar-refractivity contribution in [1.82, 2.24) is 4.90 Å². The summed E-state index contributed by atoms with van der Waals surface area (Å²) in [5, 5.41) is 0.820. The SMILES string of the molecule is CC1CN(Cc2cc(Cl)cc3c2OCC3)CCC1N.Cl. The fourth-order valence-corrected chi connectivity index (χ4v) is 3.36. The van der Waals surface area contributed by atoms with Crippen LogP contribution in [0.2, 0.25) is 5.02 Å². The van der Waals surface area contributed by atoms with Gasteiger partial charge in [-0.25, -0.2) is 0 Å². The maximum atomic E-state index is 6.20. The van der Waals surface area contributed by atoms with Gasteiger partial charge in [0.1, 0.15) is 5.75 Å². The van der Waals surface area contributed by atoms with Gasteiger partial charge in [0.15, 0.2) is 0 Å². The monoisotopic (exact) mass is 316 g/mol. The minimum Gasteiger partial charge on any atom is -0.493 e. The van der Waals surface area contributed by atoms with E-state index in [9.17, 15) is 0 Å². The topological polar surface area (TPSA) is 38.5 Å². The molecule has 1 saturated heterocycles. The molecule has 2 aliphatic heterocycles. The van der Waals surface area contributed by atoms with E-state index in [0.29, 0.717) is 12.0 Å². The van der Waals surface area contributed by atoms with E-state index in [1.165, 1.54) is 11.1 Å². The molecule has 2 unspecified atom stereocenters. The molecule has 0 saturated carbocycles. The van der Waals surface area contributed by atoms with Gasteiger partial charge in [0, 0.05) is 36.1 Å². The molecule has 1 aromatic carbocycles. The zero-order valence-corrected chi connectivity index (χ0v) is 13.3. The molecule has 1 aromatic rings. The van der Waals surface area contributed by atoms with Gasteiger partial charge in [0.25, 0.3) is 0 Å². The highest BCUT2D eigenvalue weighted by molar-refractivity contribution is 6.30. The number of nitrogens with zero attached hydrogens (tertiary/aromatic N) is 1.